The number of hydrogen-bond donors (Lipinski definition) is 0. The standard InChI is InChI=1S/C17H30INO3/c1-3-20-10-7-11-21-15-22-14-17(18)12-16(2)13-19-8-5-4-6-9-19/h12-13H,3-11,14-15H2,1-2H3/b16-13+,17-12-. The number of nitrogens with zero attached hydrogens (tertiary/aromatic N) is 1. The molecule has 1 fully saturated rings. The Hall–Kier alpha value is -0.110. The van der Waals surface area contributed by atoms with Crippen molar-refractivity contribution in [3.8, 4) is 0 Å². The Balaban J connectivity index is 2.10. The van der Waals surface area contributed by atoms with Crippen LogP contribution < -0.4 is 0 Å². The first-order chi connectivity index (χ1) is 10.7. The van der Waals surface area contributed by atoms with E-state index in [1.54, 1.807) is 0 Å². The maximum absolute atomic E-state index is 5.51. The van der Waals surface area contributed by atoms with E-state index in [0.717, 1.165) is 19.6 Å². The summed E-state index contributed by atoms with van der Waals surface area (Å²) in [7, 11) is 0. The third kappa shape index (κ3) is 10.6. The van der Waals surface area contributed by atoms with Crippen molar-refractivity contribution in [1.82, 2.24) is 4.90 Å². The van der Waals surface area contributed by atoms with E-state index in [2.05, 4.69) is 46.7 Å². The first-order valence-electron chi connectivity index (χ1n) is 8.24. The summed E-state index contributed by atoms with van der Waals surface area (Å²) in [6, 6.07) is 0. The van der Waals surface area contributed by atoms with Gasteiger partial charge in [0.15, 0.2) is 0 Å². The average molecular weight is 423 g/mol. The predicted octanol–water partition coefficient (Wildman–Crippen LogP) is 4.11. The van der Waals surface area contributed by atoms with Gasteiger partial charge in [0.25, 0.3) is 0 Å². The van der Waals surface area contributed by atoms with E-state index < -0.39 is 0 Å². The first kappa shape index (κ1) is 19.9. The number of likely N-dealkylation sites (tertiary alicyclic amines) is 1. The number of allylic oxidation sites excluding steroid dienone is 2. The van der Waals surface area contributed by atoms with Crippen LogP contribution in [-0.4, -0.2) is 51.2 Å². The third-order valence-corrected chi connectivity index (χ3v) is 3.97. The zero-order valence-corrected chi connectivity index (χ0v) is 16.1. The zero-order valence-electron chi connectivity index (χ0n) is 14.0. The van der Waals surface area contributed by atoms with Gasteiger partial charge in [-0.3, -0.25) is 0 Å². The van der Waals surface area contributed by atoms with Crippen molar-refractivity contribution in [1.29, 1.82) is 0 Å². The molecular formula is C17H30INO3. The summed E-state index contributed by atoms with van der Waals surface area (Å²) in [5, 5.41) is 0. The largest absolute Gasteiger partial charge is 0.382 e. The van der Waals surface area contributed by atoms with Crippen LogP contribution in [0.3, 0.4) is 0 Å². The van der Waals surface area contributed by atoms with Gasteiger partial charge < -0.3 is 19.1 Å². The van der Waals surface area contributed by atoms with Crippen LogP contribution in [0.4, 0.5) is 0 Å². The summed E-state index contributed by atoms with van der Waals surface area (Å²) in [5.41, 5.74) is 1.28. The molecule has 0 atom stereocenters. The summed E-state index contributed by atoms with van der Waals surface area (Å²) in [4.78, 5) is 2.42. The fraction of sp³-hybridized carbons (Fsp3) is 0.765. The normalized spacial score (nSPS) is 17.1. The number of rotatable bonds is 11. The number of piperidine rings is 1. The fourth-order valence-corrected chi connectivity index (χ4v) is 3.04. The van der Waals surface area contributed by atoms with Gasteiger partial charge in [-0.1, -0.05) is 0 Å². The highest BCUT2D eigenvalue weighted by molar-refractivity contribution is 14.1. The summed E-state index contributed by atoms with van der Waals surface area (Å²) < 4.78 is 17.4. The monoisotopic (exact) mass is 423 g/mol. The van der Waals surface area contributed by atoms with Gasteiger partial charge >= 0.3 is 0 Å². The van der Waals surface area contributed by atoms with Gasteiger partial charge in [-0.2, -0.15) is 0 Å². The lowest BCUT2D eigenvalue weighted by atomic mass is 10.1. The zero-order chi connectivity index (χ0) is 16.0. The SMILES string of the molecule is CCOCCCOCOC/C(I)=C/C(C)=C/N1CCCCC1. The Labute approximate surface area is 149 Å². The van der Waals surface area contributed by atoms with Crippen LogP contribution in [0.25, 0.3) is 0 Å². The number of hydrogen-bond acceptors (Lipinski definition) is 4. The second-order valence-electron chi connectivity index (χ2n) is 5.49. The Morgan fingerprint density at radius 3 is 2.55 bits per heavy atom. The summed E-state index contributed by atoms with van der Waals surface area (Å²) in [6.45, 7) is 9.70. The minimum absolute atomic E-state index is 0.349. The highest BCUT2D eigenvalue weighted by Crippen LogP contribution is 2.14. The van der Waals surface area contributed by atoms with E-state index in [4.69, 9.17) is 14.2 Å². The molecule has 1 aliphatic heterocycles. The van der Waals surface area contributed by atoms with Gasteiger partial charge in [0, 0.05) is 36.1 Å². The van der Waals surface area contributed by atoms with Crippen molar-refractivity contribution in [3.05, 3.63) is 21.4 Å². The lowest BCUT2D eigenvalue weighted by molar-refractivity contribution is -0.0491. The van der Waals surface area contributed by atoms with Crippen LogP contribution in [0.1, 0.15) is 39.5 Å². The molecule has 1 heterocycles. The molecule has 4 nitrogen and oxygen atoms in total. The highest BCUT2D eigenvalue weighted by Gasteiger charge is 2.05. The van der Waals surface area contributed by atoms with Crippen LogP contribution in [0.2, 0.25) is 0 Å². The van der Waals surface area contributed by atoms with Crippen LogP contribution in [0.5, 0.6) is 0 Å². The molecule has 0 aromatic carbocycles. The molecule has 22 heavy (non-hydrogen) atoms. The number of ether oxygens (including phenoxy) is 3. The summed E-state index contributed by atoms with van der Waals surface area (Å²) in [6.07, 6.45) is 9.37. The molecule has 0 unspecified atom stereocenters. The Bertz CT molecular complexity index is 339. The van der Waals surface area contributed by atoms with Crippen molar-refractivity contribution < 1.29 is 14.2 Å². The quantitative estimate of drug-likeness (QED) is 0.217. The van der Waals surface area contributed by atoms with Crippen LogP contribution in [0.15, 0.2) is 21.4 Å². The van der Waals surface area contributed by atoms with E-state index >= 15 is 0 Å². The van der Waals surface area contributed by atoms with Crippen LogP contribution >= 0.6 is 22.6 Å². The molecule has 0 aromatic heterocycles. The Morgan fingerprint density at radius 2 is 1.82 bits per heavy atom. The van der Waals surface area contributed by atoms with Gasteiger partial charge in [0.05, 0.1) is 13.2 Å². The van der Waals surface area contributed by atoms with Crippen molar-refractivity contribution in [2.45, 2.75) is 39.5 Å². The molecular weight excluding hydrogens is 393 g/mol. The van der Waals surface area contributed by atoms with E-state index in [1.165, 1.54) is 41.5 Å². The molecule has 0 aliphatic carbocycles. The molecule has 1 aliphatic rings. The molecule has 1 saturated heterocycles. The van der Waals surface area contributed by atoms with E-state index in [-0.39, 0.29) is 0 Å². The maximum atomic E-state index is 5.51. The molecule has 0 N–H and O–H groups in total. The van der Waals surface area contributed by atoms with E-state index in [1.807, 2.05) is 6.92 Å². The van der Waals surface area contributed by atoms with Gasteiger partial charge in [-0.25, -0.2) is 0 Å². The predicted molar refractivity (Wildman–Crippen MR) is 99.2 cm³/mol. The van der Waals surface area contributed by atoms with Crippen molar-refractivity contribution in [2.75, 3.05) is 46.3 Å². The van der Waals surface area contributed by atoms with Gasteiger partial charge in [0.2, 0.25) is 0 Å². The van der Waals surface area contributed by atoms with Gasteiger partial charge in [-0.05, 0) is 73.8 Å². The lowest BCUT2D eigenvalue weighted by Gasteiger charge is -2.25. The summed E-state index contributed by atoms with van der Waals surface area (Å²) >= 11 is 2.33. The molecule has 0 saturated carbocycles. The van der Waals surface area contributed by atoms with Crippen LogP contribution in [-0.2, 0) is 14.2 Å². The van der Waals surface area contributed by atoms with Crippen molar-refractivity contribution >= 4 is 22.6 Å². The van der Waals surface area contributed by atoms with Crippen molar-refractivity contribution in [3.63, 3.8) is 0 Å². The number of halogens is 1. The highest BCUT2D eigenvalue weighted by atomic mass is 127. The molecule has 1 rings (SSSR count). The topological polar surface area (TPSA) is 30.9 Å². The second-order valence-corrected chi connectivity index (χ2v) is 6.87. The van der Waals surface area contributed by atoms with Gasteiger partial charge in [-0.15, -0.1) is 0 Å². The molecule has 128 valence electrons. The summed E-state index contributed by atoms with van der Waals surface area (Å²) in [5.74, 6) is 0. The Kier molecular flexibility index (Phi) is 12.1. The van der Waals surface area contributed by atoms with E-state index in [9.17, 15) is 0 Å². The van der Waals surface area contributed by atoms with Gasteiger partial charge in [0.1, 0.15) is 6.79 Å². The molecule has 0 amide bonds. The Morgan fingerprint density at radius 1 is 1.09 bits per heavy atom. The minimum Gasteiger partial charge on any atom is -0.382 e. The molecule has 0 aromatic rings. The van der Waals surface area contributed by atoms with Crippen molar-refractivity contribution in [2.24, 2.45) is 0 Å². The first-order valence-corrected chi connectivity index (χ1v) is 9.32. The maximum Gasteiger partial charge on any atom is 0.147 e. The molecule has 0 bridgehead atoms. The fourth-order valence-electron chi connectivity index (χ4n) is 2.33. The van der Waals surface area contributed by atoms with E-state index in [0.29, 0.717) is 20.0 Å². The molecule has 0 radical (unpaired) electrons. The average Bonchev–Trinajstić information content (AvgIpc) is 2.50. The minimum atomic E-state index is 0.349. The molecule has 5 heteroatoms. The van der Waals surface area contributed by atoms with Crippen LogP contribution in [0, 0.1) is 0 Å². The molecule has 0 spiro atoms. The smallest absolute Gasteiger partial charge is 0.147 e. The third-order valence-electron chi connectivity index (χ3n) is 3.35. The second kappa shape index (κ2) is 13.3. The lowest BCUT2D eigenvalue weighted by Crippen LogP contribution is -2.24.